The molecule has 90 valence electrons. The van der Waals surface area contributed by atoms with Crippen LogP contribution in [0, 0.1) is 0 Å². The number of benzene rings is 2. The van der Waals surface area contributed by atoms with Crippen LogP contribution in [0.15, 0.2) is 46.9 Å². The smallest absolute Gasteiger partial charge is 0.153 e. The standard InChI is InChI=1S/C14H9Cl2NO/c15-9-4-5-12(17)10(7-9)13-6-8-2-1-3-11(16)14(8)18-13/h1-7H,17H2. The second kappa shape index (κ2) is 4.23. The zero-order valence-corrected chi connectivity index (χ0v) is 10.8. The molecule has 0 amide bonds. The van der Waals surface area contributed by atoms with Crippen molar-refractivity contribution in [2.45, 2.75) is 0 Å². The number of furan rings is 1. The molecule has 3 aromatic rings. The molecule has 2 nitrogen and oxygen atoms in total. The van der Waals surface area contributed by atoms with E-state index in [0.717, 1.165) is 10.9 Å². The maximum Gasteiger partial charge on any atom is 0.153 e. The van der Waals surface area contributed by atoms with Crippen molar-refractivity contribution < 1.29 is 4.42 Å². The van der Waals surface area contributed by atoms with Crippen molar-refractivity contribution in [3.05, 3.63) is 52.5 Å². The lowest BCUT2D eigenvalue weighted by Gasteiger charge is -2.02. The van der Waals surface area contributed by atoms with Crippen LogP contribution in [-0.2, 0) is 0 Å². The molecule has 0 aliphatic carbocycles. The topological polar surface area (TPSA) is 39.2 Å². The highest BCUT2D eigenvalue weighted by Gasteiger charge is 2.11. The predicted molar refractivity (Wildman–Crippen MR) is 76.1 cm³/mol. The molecule has 0 spiro atoms. The van der Waals surface area contributed by atoms with Crippen LogP contribution in [0.2, 0.25) is 10.0 Å². The SMILES string of the molecule is Nc1ccc(Cl)cc1-c1cc2cccc(Cl)c2o1. The fourth-order valence-electron chi connectivity index (χ4n) is 1.90. The van der Waals surface area contributed by atoms with Gasteiger partial charge in [0.2, 0.25) is 0 Å². The molecule has 0 bridgehead atoms. The zero-order chi connectivity index (χ0) is 12.7. The van der Waals surface area contributed by atoms with Crippen LogP contribution in [0.25, 0.3) is 22.3 Å². The average Bonchev–Trinajstić information content (AvgIpc) is 2.77. The predicted octanol–water partition coefficient (Wildman–Crippen LogP) is 4.99. The summed E-state index contributed by atoms with van der Waals surface area (Å²) in [6, 6.07) is 12.8. The minimum Gasteiger partial charge on any atom is -0.454 e. The Morgan fingerprint density at radius 3 is 2.61 bits per heavy atom. The second-order valence-electron chi connectivity index (χ2n) is 4.00. The third kappa shape index (κ3) is 1.84. The van der Waals surface area contributed by atoms with Gasteiger partial charge in [-0.15, -0.1) is 0 Å². The molecule has 0 unspecified atom stereocenters. The number of nitrogen functional groups attached to an aromatic ring is 1. The Bertz CT molecular complexity index is 734. The molecule has 0 aliphatic rings. The van der Waals surface area contributed by atoms with Gasteiger partial charge in [0.1, 0.15) is 5.76 Å². The number of anilines is 1. The average molecular weight is 278 g/mol. The first-order valence-corrected chi connectivity index (χ1v) is 6.14. The highest BCUT2D eigenvalue weighted by atomic mass is 35.5. The molecular weight excluding hydrogens is 269 g/mol. The molecule has 0 fully saturated rings. The first-order chi connectivity index (χ1) is 8.65. The summed E-state index contributed by atoms with van der Waals surface area (Å²) >= 11 is 12.1. The van der Waals surface area contributed by atoms with E-state index in [0.29, 0.717) is 27.1 Å². The molecule has 0 aliphatic heterocycles. The van der Waals surface area contributed by atoms with Crippen LogP contribution < -0.4 is 5.73 Å². The highest BCUT2D eigenvalue weighted by Crippen LogP contribution is 2.35. The molecule has 0 radical (unpaired) electrons. The Labute approximate surface area is 114 Å². The Morgan fingerprint density at radius 1 is 1.00 bits per heavy atom. The third-order valence-electron chi connectivity index (χ3n) is 2.78. The third-order valence-corrected chi connectivity index (χ3v) is 3.31. The molecule has 1 heterocycles. The molecule has 4 heteroatoms. The number of para-hydroxylation sites is 1. The maximum atomic E-state index is 6.08. The number of halogens is 2. The number of hydrogen-bond acceptors (Lipinski definition) is 2. The molecule has 0 saturated heterocycles. The van der Waals surface area contributed by atoms with Crippen molar-refractivity contribution in [1.29, 1.82) is 0 Å². The molecule has 0 saturated carbocycles. The summed E-state index contributed by atoms with van der Waals surface area (Å²) in [5.41, 5.74) is 7.98. The Kier molecular flexibility index (Phi) is 2.69. The van der Waals surface area contributed by atoms with Crippen LogP contribution >= 0.6 is 23.2 Å². The number of nitrogens with two attached hydrogens (primary N) is 1. The lowest BCUT2D eigenvalue weighted by Crippen LogP contribution is -1.88. The van der Waals surface area contributed by atoms with Gasteiger partial charge < -0.3 is 10.2 Å². The van der Waals surface area contributed by atoms with Crippen molar-refractivity contribution in [3.8, 4) is 11.3 Å². The van der Waals surface area contributed by atoms with Gasteiger partial charge >= 0.3 is 0 Å². The van der Waals surface area contributed by atoms with Gasteiger partial charge in [0, 0.05) is 21.7 Å². The largest absolute Gasteiger partial charge is 0.454 e. The van der Waals surface area contributed by atoms with Gasteiger partial charge in [-0.3, -0.25) is 0 Å². The van der Waals surface area contributed by atoms with Crippen LogP contribution in [0.3, 0.4) is 0 Å². The fraction of sp³-hybridized carbons (Fsp3) is 0. The van der Waals surface area contributed by atoms with Gasteiger partial charge in [-0.25, -0.2) is 0 Å². The number of fused-ring (bicyclic) bond motifs is 1. The van der Waals surface area contributed by atoms with E-state index < -0.39 is 0 Å². The zero-order valence-electron chi connectivity index (χ0n) is 9.28. The van der Waals surface area contributed by atoms with E-state index >= 15 is 0 Å². The van der Waals surface area contributed by atoms with Crippen LogP contribution in [-0.4, -0.2) is 0 Å². The van der Waals surface area contributed by atoms with E-state index in [1.807, 2.05) is 18.2 Å². The normalized spacial score (nSPS) is 11.0. The van der Waals surface area contributed by atoms with Crippen LogP contribution in [0.1, 0.15) is 0 Å². The number of hydrogen-bond donors (Lipinski definition) is 1. The summed E-state index contributed by atoms with van der Waals surface area (Å²) in [7, 11) is 0. The van der Waals surface area contributed by atoms with Crippen molar-refractivity contribution >= 4 is 39.9 Å². The van der Waals surface area contributed by atoms with Gasteiger partial charge in [0.05, 0.1) is 5.02 Å². The first kappa shape index (κ1) is 11.5. The van der Waals surface area contributed by atoms with Crippen LogP contribution in [0.4, 0.5) is 5.69 Å². The van der Waals surface area contributed by atoms with Crippen molar-refractivity contribution in [2.75, 3.05) is 5.73 Å². The van der Waals surface area contributed by atoms with Gasteiger partial charge in [-0.1, -0.05) is 35.3 Å². The summed E-state index contributed by atoms with van der Waals surface area (Å²) in [6.45, 7) is 0. The maximum absolute atomic E-state index is 6.08. The summed E-state index contributed by atoms with van der Waals surface area (Å²) in [5.74, 6) is 0.665. The van der Waals surface area contributed by atoms with E-state index in [1.165, 1.54) is 0 Å². The first-order valence-electron chi connectivity index (χ1n) is 5.38. The molecule has 18 heavy (non-hydrogen) atoms. The van der Waals surface area contributed by atoms with Gasteiger partial charge in [0.25, 0.3) is 0 Å². The fourth-order valence-corrected chi connectivity index (χ4v) is 2.29. The van der Waals surface area contributed by atoms with Crippen LogP contribution in [0.5, 0.6) is 0 Å². The molecule has 3 rings (SSSR count). The monoisotopic (exact) mass is 277 g/mol. The number of rotatable bonds is 1. The Hall–Kier alpha value is -1.64. The minimum atomic E-state index is 0.583. The summed E-state index contributed by atoms with van der Waals surface area (Å²) in [5, 5.41) is 2.14. The van der Waals surface area contributed by atoms with Gasteiger partial charge in [-0.2, -0.15) is 0 Å². The minimum absolute atomic E-state index is 0.583. The van der Waals surface area contributed by atoms with E-state index in [1.54, 1.807) is 24.3 Å². The molecule has 0 atom stereocenters. The van der Waals surface area contributed by atoms with Gasteiger partial charge in [0.15, 0.2) is 5.58 Å². The lowest BCUT2D eigenvalue weighted by atomic mass is 10.1. The van der Waals surface area contributed by atoms with E-state index in [4.69, 9.17) is 33.4 Å². The van der Waals surface area contributed by atoms with E-state index in [-0.39, 0.29) is 0 Å². The quantitative estimate of drug-likeness (QED) is 0.637. The van der Waals surface area contributed by atoms with Gasteiger partial charge in [-0.05, 0) is 30.3 Å². The van der Waals surface area contributed by atoms with Crippen molar-refractivity contribution in [3.63, 3.8) is 0 Å². The molecular formula is C14H9Cl2NO. The van der Waals surface area contributed by atoms with Crippen molar-refractivity contribution in [1.82, 2.24) is 0 Å². The van der Waals surface area contributed by atoms with Crippen molar-refractivity contribution in [2.24, 2.45) is 0 Å². The second-order valence-corrected chi connectivity index (χ2v) is 4.84. The summed E-state index contributed by atoms with van der Waals surface area (Å²) in [6.07, 6.45) is 0. The Morgan fingerprint density at radius 2 is 1.83 bits per heavy atom. The molecule has 2 aromatic carbocycles. The highest BCUT2D eigenvalue weighted by molar-refractivity contribution is 6.35. The van der Waals surface area contributed by atoms with E-state index in [9.17, 15) is 0 Å². The Balaban J connectivity index is 2.26. The molecule has 1 aromatic heterocycles. The van der Waals surface area contributed by atoms with E-state index in [2.05, 4.69) is 0 Å². The summed E-state index contributed by atoms with van der Waals surface area (Å²) in [4.78, 5) is 0. The lowest BCUT2D eigenvalue weighted by molar-refractivity contribution is 0.632. The molecule has 2 N–H and O–H groups in total. The summed E-state index contributed by atoms with van der Waals surface area (Å²) < 4.78 is 5.75.